The smallest absolute Gasteiger partial charge is 0.161 e. The van der Waals surface area contributed by atoms with Crippen LogP contribution < -0.4 is 14.8 Å². The van der Waals surface area contributed by atoms with Crippen LogP contribution >= 0.6 is 0 Å². The molecular weight excluding hydrogens is 252 g/mol. The van der Waals surface area contributed by atoms with Crippen LogP contribution in [0.4, 0.5) is 0 Å². The third-order valence-electron chi connectivity index (χ3n) is 3.60. The van der Waals surface area contributed by atoms with E-state index in [-0.39, 0.29) is 6.04 Å². The maximum absolute atomic E-state index is 5.57. The van der Waals surface area contributed by atoms with Crippen molar-refractivity contribution in [1.82, 2.24) is 10.2 Å². The van der Waals surface area contributed by atoms with Gasteiger partial charge in [-0.15, -0.1) is 6.58 Å². The van der Waals surface area contributed by atoms with Crippen molar-refractivity contribution in [2.75, 3.05) is 39.9 Å². The molecule has 1 aliphatic heterocycles. The number of nitrogens with zero attached hydrogens (tertiary/aromatic N) is 1. The second kappa shape index (κ2) is 7.31. The van der Waals surface area contributed by atoms with E-state index in [1.807, 2.05) is 19.1 Å². The SMILES string of the molecule is C=C[C@@H](c1ccc(OCC)c(OC)c1)N1CCNCC1. The Morgan fingerprint density at radius 1 is 1.35 bits per heavy atom. The van der Waals surface area contributed by atoms with Crippen molar-refractivity contribution in [3.05, 3.63) is 36.4 Å². The summed E-state index contributed by atoms with van der Waals surface area (Å²) in [6, 6.07) is 6.36. The molecule has 0 radical (unpaired) electrons. The van der Waals surface area contributed by atoms with Gasteiger partial charge in [-0.25, -0.2) is 0 Å². The summed E-state index contributed by atoms with van der Waals surface area (Å²) in [5, 5.41) is 3.37. The van der Waals surface area contributed by atoms with Gasteiger partial charge in [0.05, 0.1) is 19.8 Å². The summed E-state index contributed by atoms with van der Waals surface area (Å²) in [6.07, 6.45) is 2.00. The summed E-state index contributed by atoms with van der Waals surface area (Å²) < 4.78 is 11.0. The van der Waals surface area contributed by atoms with Crippen molar-refractivity contribution in [2.24, 2.45) is 0 Å². The van der Waals surface area contributed by atoms with Gasteiger partial charge in [0.1, 0.15) is 0 Å². The summed E-state index contributed by atoms with van der Waals surface area (Å²) >= 11 is 0. The van der Waals surface area contributed by atoms with Gasteiger partial charge in [0.2, 0.25) is 0 Å². The van der Waals surface area contributed by atoms with Gasteiger partial charge in [-0.05, 0) is 24.6 Å². The zero-order chi connectivity index (χ0) is 14.4. The van der Waals surface area contributed by atoms with Crippen LogP contribution in [0, 0.1) is 0 Å². The molecule has 1 fully saturated rings. The number of benzene rings is 1. The molecular formula is C16H24N2O2. The maximum atomic E-state index is 5.57. The van der Waals surface area contributed by atoms with E-state index < -0.39 is 0 Å². The van der Waals surface area contributed by atoms with E-state index in [1.165, 1.54) is 5.56 Å². The standard InChI is InChI=1S/C16H24N2O2/c1-4-14(18-10-8-17-9-11-18)13-6-7-15(20-5-2)16(12-13)19-3/h4,6-7,12,14,17H,1,5,8-11H2,2-3H3/t14-/m0/s1. The minimum Gasteiger partial charge on any atom is -0.493 e. The third-order valence-corrected chi connectivity index (χ3v) is 3.60. The number of nitrogens with one attached hydrogen (secondary N) is 1. The highest BCUT2D eigenvalue weighted by atomic mass is 16.5. The van der Waals surface area contributed by atoms with E-state index in [0.29, 0.717) is 6.61 Å². The molecule has 0 aliphatic carbocycles. The molecule has 1 aromatic rings. The van der Waals surface area contributed by atoms with Crippen molar-refractivity contribution in [1.29, 1.82) is 0 Å². The van der Waals surface area contributed by atoms with E-state index in [2.05, 4.69) is 28.9 Å². The molecule has 0 aromatic heterocycles. The molecule has 1 atom stereocenters. The second-order valence-electron chi connectivity index (χ2n) is 4.81. The summed E-state index contributed by atoms with van der Waals surface area (Å²) in [7, 11) is 1.68. The maximum Gasteiger partial charge on any atom is 0.161 e. The minimum atomic E-state index is 0.224. The Morgan fingerprint density at radius 3 is 2.70 bits per heavy atom. The lowest BCUT2D eigenvalue weighted by Gasteiger charge is -2.33. The molecule has 0 bridgehead atoms. The van der Waals surface area contributed by atoms with Gasteiger partial charge >= 0.3 is 0 Å². The Kier molecular flexibility index (Phi) is 5.44. The fourth-order valence-corrected chi connectivity index (χ4v) is 2.60. The monoisotopic (exact) mass is 276 g/mol. The van der Waals surface area contributed by atoms with E-state index in [4.69, 9.17) is 9.47 Å². The molecule has 4 nitrogen and oxygen atoms in total. The highest BCUT2D eigenvalue weighted by Gasteiger charge is 2.20. The van der Waals surface area contributed by atoms with E-state index in [0.717, 1.165) is 37.7 Å². The molecule has 4 heteroatoms. The molecule has 0 amide bonds. The van der Waals surface area contributed by atoms with Gasteiger partial charge < -0.3 is 14.8 Å². The first-order chi connectivity index (χ1) is 9.80. The average Bonchev–Trinajstić information content (AvgIpc) is 2.50. The van der Waals surface area contributed by atoms with Crippen LogP contribution in [0.5, 0.6) is 11.5 Å². The summed E-state index contributed by atoms with van der Waals surface area (Å²) in [6.45, 7) is 10.7. The average molecular weight is 276 g/mol. The van der Waals surface area contributed by atoms with Crippen LogP contribution in [-0.2, 0) is 0 Å². The largest absolute Gasteiger partial charge is 0.493 e. The van der Waals surface area contributed by atoms with Crippen molar-refractivity contribution in [3.8, 4) is 11.5 Å². The molecule has 110 valence electrons. The molecule has 20 heavy (non-hydrogen) atoms. The zero-order valence-electron chi connectivity index (χ0n) is 12.4. The normalized spacial score (nSPS) is 17.5. The lowest BCUT2D eigenvalue weighted by Crippen LogP contribution is -2.44. The zero-order valence-corrected chi connectivity index (χ0v) is 12.4. The molecule has 2 rings (SSSR count). The first-order valence-electron chi connectivity index (χ1n) is 7.18. The lowest BCUT2D eigenvalue weighted by atomic mass is 10.0. The van der Waals surface area contributed by atoms with Gasteiger partial charge in [-0.1, -0.05) is 12.1 Å². The Labute approximate surface area is 121 Å². The summed E-state index contributed by atoms with van der Waals surface area (Å²) in [5.74, 6) is 1.58. The molecule has 1 aliphatic rings. The molecule has 1 aromatic carbocycles. The van der Waals surface area contributed by atoms with Gasteiger partial charge in [0.25, 0.3) is 0 Å². The fraction of sp³-hybridized carbons (Fsp3) is 0.500. The van der Waals surface area contributed by atoms with Crippen molar-refractivity contribution in [2.45, 2.75) is 13.0 Å². The minimum absolute atomic E-state index is 0.224. The van der Waals surface area contributed by atoms with Crippen molar-refractivity contribution >= 4 is 0 Å². The molecule has 0 saturated carbocycles. The first-order valence-corrected chi connectivity index (χ1v) is 7.18. The molecule has 1 saturated heterocycles. The molecule has 0 spiro atoms. The van der Waals surface area contributed by atoms with Gasteiger partial charge in [-0.2, -0.15) is 0 Å². The highest BCUT2D eigenvalue weighted by molar-refractivity contribution is 5.44. The quantitative estimate of drug-likeness (QED) is 0.808. The van der Waals surface area contributed by atoms with Crippen LogP contribution in [0.15, 0.2) is 30.9 Å². The van der Waals surface area contributed by atoms with Crippen LogP contribution in [0.25, 0.3) is 0 Å². The molecule has 1 heterocycles. The van der Waals surface area contributed by atoms with Crippen LogP contribution in [0.1, 0.15) is 18.5 Å². The Morgan fingerprint density at radius 2 is 2.10 bits per heavy atom. The van der Waals surface area contributed by atoms with Crippen molar-refractivity contribution < 1.29 is 9.47 Å². The number of rotatable bonds is 6. The number of methoxy groups -OCH3 is 1. The Bertz CT molecular complexity index is 442. The van der Waals surface area contributed by atoms with E-state index in [9.17, 15) is 0 Å². The molecule has 1 N–H and O–H groups in total. The topological polar surface area (TPSA) is 33.7 Å². The predicted octanol–water partition coefficient (Wildman–Crippen LogP) is 2.23. The van der Waals surface area contributed by atoms with Gasteiger partial charge in [-0.3, -0.25) is 4.90 Å². The van der Waals surface area contributed by atoms with Gasteiger partial charge in [0, 0.05) is 26.2 Å². The lowest BCUT2D eigenvalue weighted by molar-refractivity contribution is 0.203. The second-order valence-corrected chi connectivity index (χ2v) is 4.81. The third kappa shape index (κ3) is 3.32. The van der Waals surface area contributed by atoms with Crippen molar-refractivity contribution in [3.63, 3.8) is 0 Å². The summed E-state index contributed by atoms with van der Waals surface area (Å²) in [5.41, 5.74) is 1.20. The number of hydrogen-bond acceptors (Lipinski definition) is 4. The van der Waals surface area contributed by atoms with Crippen LogP contribution in [0.2, 0.25) is 0 Å². The van der Waals surface area contributed by atoms with Crippen LogP contribution in [0.3, 0.4) is 0 Å². The van der Waals surface area contributed by atoms with Gasteiger partial charge in [0.15, 0.2) is 11.5 Å². The predicted molar refractivity (Wildman–Crippen MR) is 81.5 cm³/mol. The Hall–Kier alpha value is -1.52. The number of piperazine rings is 1. The Balaban J connectivity index is 2.22. The highest BCUT2D eigenvalue weighted by Crippen LogP contribution is 2.32. The number of hydrogen-bond donors (Lipinski definition) is 1. The fourth-order valence-electron chi connectivity index (χ4n) is 2.60. The number of ether oxygens (including phenoxy) is 2. The summed E-state index contributed by atoms with van der Waals surface area (Å²) in [4.78, 5) is 2.43. The molecule has 0 unspecified atom stereocenters. The first kappa shape index (κ1) is 14.9. The van der Waals surface area contributed by atoms with E-state index >= 15 is 0 Å². The van der Waals surface area contributed by atoms with E-state index in [1.54, 1.807) is 7.11 Å². The van der Waals surface area contributed by atoms with Crippen LogP contribution in [-0.4, -0.2) is 44.8 Å².